The van der Waals surface area contributed by atoms with Gasteiger partial charge in [-0.25, -0.2) is 18.4 Å². The molecule has 0 aromatic carbocycles. The monoisotopic (exact) mass is 319 g/mol. The van der Waals surface area contributed by atoms with Gasteiger partial charge >= 0.3 is 0 Å². The van der Waals surface area contributed by atoms with Gasteiger partial charge in [-0.1, -0.05) is 0 Å². The standard InChI is InChI=1S/C16H21N3O2S/c20-22(21)9-3-4-12(11-22)10-15-18-14-7-2-8-17-16(14)19(15)13-5-1-6-13/h2,7-8,12-13H,1,3-6,9-11H2. The van der Waals surface area contributed by atoms with Crippen molar-refractivity contribution >= 4 is 21.0 Å². The molecule has 1 unspecified atom stereocenters. The second-order valence-electron chi connectivity index (χ2n) is 6.66. The lowest BCUT2D eigenvalue weighted by Gasteiger charge is -2.30. The van der Waals surface area contributed by atoms with E-state index in [9.17, 15) is 8.42 Å². The number of sulfone groups is 1. The molecule has 118 valence electrons. The van der Waals surface area contributed by atoms with Crippen molar-refractivity contribution < 1.29 is 8.42 Å². The first-order chi connectivity index (χ1) is 10.6. The molecule has 0 spiro atoms. The van der Waals surface area contributed by atoms with Crippen LogP contribution in [0.15, 0.2) is 18.3 Å². The largest absolute Gasteiger partial charge is 0.310 e. The van der Waals surface area contributed by atoms with E-state index in [0.29, 0.717) is 17.5 Å². The van der Waals surface area contributed by atoms with Gasteiger partial charge < -0.3 is 4.57 Å². The molecule has 1 atom stereocenters. The lowest BCUT2D eigenvalue weighted by Crippen LogP contribution is -2.28. The van der Waals surface area contributed by atoms with Crippen molar-refractivity contribution in [1.82, 2.24) is 14.5 Å². The van der Waals surface area contributed by atoms with E-state index in [0.717, 1.165) is 36.3 Å². The Morgan fingerprint density at radius 3 is 2.82 bits per heavy atom. The minimum atomic E-state index is -2.86. The van der Waals surface area contributed by atoms with E-state index in [1.54, 1.807) is 0 Å². The first-order valence-electron chi connectivity index (χ1n) is 8.15. The van der Waals surface area contributed by atoms with Crippen LogP contribution in [0.25, 0.3) is 11.2 Å². The number of rotatable bonds is 3. The molecule has 2 aliphatic rings. The van der Waals surface area contributed by atoms with Crippen LogP contribution in [0, 0.1) is 5.92 Å². The predicted molar refractivity (Wildman–Crippen MR) is 85.5 cm³/mol. The SMILES string of the molecule is O=S1(=O)CCCC(Cc2nc3cccnc3n2C2CCC2)C1. The summed E-state index contributed by atoms with van der Waals surface area (Å²) in [5.74, 6) is 1.90. The summed E-state index contributed by atoms with van der Waals surface area (Å²) >= 11 is 0. The third-order valence-corrected chi connectivity index (χ3v) is 6.88. The average Bonchev–Trinajstić information content (AvgIpc) is 2.75. The highest BCUT2D eigenvalue weighted by Gasteiger charge is 2.29. The quantitative estimate of drug-likeness (QED) is 0.872. The Bertz CT molecular complexity index is 793. The molecule has 0 bridgehead atoms. The molecule has 4 rings (SSSR count). The first kappa shape index (κ1) is 14.2. The molecule has 1 aliphatic heterocycles. The molecule has 0 N–H and O–H groups in total. The Morgan fingerprint density at radius 2 is 2.09 bits per heavy atom. The third-order valence-electron chi connectivity index (χ3n) is 4.99. The number of hydrogen-bond donors (Lipinski definition) is 0. The molecule has 22 heavy (non-hydrogen) atoms. The van der Waals surface area contributed by atoms with Crippen LogP contribution in [-0.2, 0) is 16.3 Å². The maximum Gasteiger partial charge on any atom is 0.160 e. The van der Waals surface area contributed by atoms with Crippen molar-refractivity contribution in [2.24, 2.45) is 5.92 Å². The molecule has 1 saturated carbocycles. The molecule has 2 fully saturated rings. The minimum absolute atomic E-state index is 0.203. The van der Waals surface area contributed by atoms with Gasteiger partial charge in [0.05, 0.1) is 11.5 Å². The van der Waals surface area contributed by atoms with E-state index in [4.69, 9.17) is 4.98 Å². The van der Waals surface area contributed by atoms with E-state index in [1.165, 1.54) is 19.3 Å². The van der Waals surface area contributed by atoms with Crippen LogP contribution in [0.1, 0.15) is 44.0 Å². The molecule has 0 radical (unpaired) electrons. The molecule has 3 heterocycles. The summed E-state index contributed by atoms with van der Waals surface area (Å²) < 4.78 is 26.0. The van der Waals surface area contributed by atoms with E-state index in [2.05, 4.69) is 9.55 Å². The zero-order chi connectivity index (χ0) is 15.2. The van der Waals surface area contributed by atoms with Gasteiger partial charge in [-0.05, 0) is 50.2 Å². The number of nitrogens with zero attached hydrogens (tertiary/aromatic N) is 3. The minimum Gasteiger partial charge on any atom is -0.310 e. The van der Waals surface area contributed by atoms with Crippen LogP contribution in [0.4, 0.5) is 0 Å². The van der Waals surface area contributed by atoms with Gasteiger partial charge in [0.15, 0.2) is 15.5 Å². The maximum atomic E-state index is 11.9. The smallest absolute Gasteiger partial charge is 0.160 e. The van der Waals surface area contributed by atoms with Crippen LogP contribution < -0.4 is 0 Å². The summed E-state index contributed by atoms with van der Waals surface area (Å²) in [6.45, 7) is 0. The molecule has 1 aliphatic carbocycles. The fourth-order valence-corrected chi connectivity index (χ4v) is 5.46. The highest BCUT2D eigenvalue weighted by Crippen LogP contribution is 2.36. The van der Waals surface area contributed by atoms with Crippen LogP contribution in [0.2, 0.25) is 0 Å². The van der Waals surface area contributed by atoms with Crippen LogP contribution in [0.5, 0.6) is 0 Å². The van der Waals surface area contributed by atoms with Crippen molar-refractivity contribution in [3.63, 3.8) is 0 Å². The second-order valence-corrected chi connectivity index (χ2v) is 8.88. The van der Waals surface area contributed by atoms with Gasteiger partial charge in [0.25, 0.3) is 0 Å². The number of imidazole rings is 1. The van der Waals surface area contributed by atoms with Crippen molar-refractivity contribution in [3.8, 4) is 0 Å². The Hall–Kier alpha value is -1.43. The number of aromatic nitrogens is 3. The molecule has 0 amide bonds. The van der Waals surface area contributed by atoms with Crippen molar-refractivity contribution in [3.05, 3.63) is 24.2 Å². The third kappa shape index (κ3) is 2.53. The van der Waals surface area contributed by atoms with Crippen LogP contribution in [0.3, 0.4) is 0 Å². The lowest BCUT2D eigenvalue weighted by atomic mass is 9.92. The first-order valence-corrected chi connectivity index (χ1v) is 9.97. The number of pyridine rings is 1. The van der Waals surface area contributed by atoms with E-state index in [-0.39, 0.29) is 5.92 Å². The summed E-state index contributed by atoms with van der Waals surface area (Å²) in [6.07, 6.45) is 7.96. The van der Waals surface area contributed by atoms with E-state index in [1.807, 2.05) is 18.3 Å². The molecule has 1 saturated heterocycles. The molecule has 6 heteroatoms. The predicted octanol–water partition coefficient (Wildman–Crippen LogP) is 2.52. The summed E-state index contributed by atoms with van der Waals surface area (Å²) in [5.41, 5.74) is 1.89. The van der Waals surface area contributed by atoms with Crippen molar-refractivity contribution in [1.29, 1.82) is 0 Å². The summed E-state index contributed by atoms with van der Waals surface area (Å²) in [6, 6.07) is 4.41. The number of hydrogen-bond acceptors (Lipinski definition) is 4. The fraction of sp³-hybridized carbons (Fsp3) is 0.625. The normalized spacial score (nSPS) is 25.2. The maximum absolute atomic E-state index is 11.9. The Labute approximate surface area is 130 Å². The Kier molecular flexibility index (Phi) is 3.44. The zero-order valence-corrected chi connectivity index (χ0v) is 13.4. The lowest BCUT2D eigenvalue weighted by molar-refractivity contribution is 0.307. The summed E-state index contributed by atoms with van der Waals surface area (Å²) in [5, 5.41) is 0. The second kappa shape index (κ2) is 5.33. The van der Waals surface area contributed by atoms with Crippen molar-refractivity contribution in [2.75, 3.05) is 11.5 Å². The highest BCUT2D eigenvalue weighted by atomic mass is 32.2. The topological polar surface area (TPSA) is 64.8 Å². The highest BCUT2D eigenvalue weighted by molar-refractivity contribution is 7.91. The van der Waals surface area contributed by atoms with E-state index >= 15 is 0 Å². The van der Waals surface area contributed by atoms with Gasteiger partial charge in [0.2, 0.25) is 0 Å². The van der Waals surface area contributed by atoms with Gasteiger partial charge in [0, 0.05) is 18.7 Å². The average molecular weight is 319 g/mol. The van der Waals surface area contributed by atoms with Crippen molar-refractivity contribution in [2.45, 2.75) is 44.6 Å². The fourth-order valence-electron chi connectivity index (χ4n) is 3.69. The molecule has 5 nitrogen and oxygen atoms in total. The van der Waals surface area contributed by atoms with Gasteiger partial charge in [-0.2, -0.15) is 0 Å². The zero-order valence-electron chi connectivity index (χ0n) is 12.6. The molecule has 2 aromatic heterocycles. The molecular formula is C16H21N3O2S. The molecular weight excluding hydrogens is 298 g/mol. The summed E-state index contributed by atoms with van der Waals surface area (Å²) in [4.78, 5) is 9.27. The van der Waals surface area contributed by atoms with Gasteiger partial charge in [-0.3, -0.25) is 0 Å². The van der Waals surface area contributed by atoms with E-state index < -0.39 is 9.84 Å². The Morgan fingerprint density at radius 1 is 1.23 bits per heavy atom. The molecule has 2 aromatic rings. The Balaban J connectivity index is 1.68. The van der Waals surface area contributed by atoms with Crippen LogP contribution in [-0.4, -0.2) is 34.5 Å². The van der Waals surface area contributed by atoms with Crippen LogP contribution >= 0.6 is 0 Å². The number of fused-ring (bicyclic) bond motifs is 1. The van der Waals surface area contributed by atoms with Gasteiger partial charge in [-0.15, -0.1) is 0 Å². The van der Waals surface area contributed by atoms with Gasteiger partial charge in [0.1, 0.15) is 11.3 Å². The summed E-state index contributed by atoms with van der Waals surface area (Å²) in [7, 11) is -2.86.